The van der Waals surface area contributed by atoms with Crippen molar-refractivity contribution in [3.63, 3.8) is 0 Å². The van der Waals surface area contributed by atoms with E-state index in [1.807, 2.05) is 38.1 Å². The molecular formula is C15H15FO. The van der Waals surface area contributed by atoms with E-state index in [2.05, 4.69) is 0 Å². The molecular weight excluding hydrogens is 215 g/mol. The van der Waals surface area contributed by atoms with Gasteiger partial charge in [-0.15, -0.1) is 0 Å². The van der Waals surface area contributed by atoms with Crippen LogP contribution in [-0.4, -0.2) is 0 Å². The molecule has 0 heterocycles. The SMILES string of the molecule is Cc1ccc(F)c(OCc2ccccc2C)c1. The van der Waals surface area contributed by atoms with Gasteiger partial charge in [0.15, 0.2) is 11.6 Å². The zero-order valence-corrected chi connectivity index (χ0v) is 10.0. The van der Waals surface area contributed by atoms with E-state index in [-0.39, 0.29) is 5.82 Å². The topological polar surface area (TPSA) is 9.23 Å². The fraction of sp³-hybridized carbons (Fsp3) is 0.200. The van der Waals surface area contributed by atoms with Crippen LogP contribution >= 0.6 is 0 Å². The van der Waals surface area contributed by atoms with Crippen LogP contribution in [0.15, 0.2) is 42.5 Å². The van der Waals surface area contributed by atoms with Crippen molar-refractivity contribution in [3.05, 3.63) is 65.0 Å². The Labute approximate surface area is 101 Å². The van der Waals surface area contributed by atoms with Crippen LogP contribution in [0.1, 0.15) is 16.7 Å². The van der Waals surface area contributed by atoms with E-state index in [1.165, 1.54) is 6.07 Å². The summed E-state index contributed by atoms with van der Waals surface area (Å²) in [6.07, 6.45) is 0. The van der Waals surface area contributed by atoms with Crippen LogP contribution in [0.5, 0.6) is 5.75 Å². The first-order valence-electron chi connectivity index (χ1n) is 5.60. The van der Waals surface area contributed by atoms with Gasteiger partial charge < -0.3 is 4.74 Å². The normalized spacial score (nSPS) is 10.3. The third kappa shape index (κ3) is 2.84. The number of ether oxygens (including phenoxy) is 1. The Bertz CT molecular complexity index is 520. The Hall–Kier alpha value is -1.83. The van der Waals surface area contributed by atoms with E-state index in [9.17, 15) is 4.39 Å². The smallest absolute Gasteiger partial charge is 0.165 e. The Balaban J connectivity index is 2.12. The Kier molecular flexibility index (Phi) is 3.43. The van der Waals surface area contributed by atoms with Gasteiger partial charge in [-0.05, 0) is 42.7 Å². The Morgan fingerprint density at radius 2 is 1.82 bits per heavy atom. The highest BCUT2D eigenvalue weighted by molar-refractivity contribution is 5.30. The van der Waals surface area contributed by atoms with Crippen molar-refractivity contribution in [2.24, 2.45) is 0 Å². The second-order valence-corrected chi connectivity index (χ2v) is 4.15. The van der Waals surface area contributed by atoms with E-state index < -0.39 is 0 Å². The number of aryl methyl sites for hydroxylation is 2. The van der Waals surface area contributed by atoms with Crippen LogP contribution in [-0.2, 0) is 6.61 Å². The molecule has 0 amide bonds. The second kappa shape index (κ2) is 5.00. The average Bonchev–Trinajstić information content (AvgIpc) is 2.32. The highest BCUT2D eigenvalue weighted by Gasteiger charge is 2.04. The molecule has 0 aliphatic rings. The standard InChI is InChI=1S/C15H15FO/c1-11-7-8-14(16)15(9-11)17-10-13-6-4-3-5-12(13)2/h3-9H,10H2,1-2H3. The van der Waals surface area contributed by atoms with Gasteiger partial charge in [-0.2, -0.15) is 0 Å². The largest absolute Gasteiger partial charge is 0.486 e. The molecule has 17 heavy (non-hydrogen) atoms. The molecule has 2 rings (SSSR count). The minimum atomic E-state index is -0.316. The molecule has 0 unspecified atom stereocenters. The van der Waals surface area contributed by atoms with Crippen molar-refractivity contribution in [2.45, 2.75) is 20.5 Å². The third-order valence-corrected chi connectivity index (χ3v) is 2.73. The molecule has 0 fully saturated rings. The first kappa shape index (κ1) is 11.6. The molecule has 88 valence electrons. The molecule has 0 saturated carbocycles. The van der Waals surface area contributed by atoms with Crippen LogP contribution in [0.2, 0.25) is 0 Å². The molecule has 0 spiro atoms. The predicted octanol–water partition coefficient (Wildman–Crippen LogP) is 4.02. The number of hydrogen-bond acceptors (Lipinski definition) is 1. The molecule has 0 bridgehead atoms. The Morgan fingerprint density at radius 1 is 1.06 bits per heavy atom. The van der Waals surface area contributed by atoms with Crippen molar-refractivity contribution < 1.29 is 9.13 Å². The van der Waals surface area contributed by atoms with Gasteiger partial charge in [-0.1, -0.05) is 30.3 Å². The van der Waals surface area contributed by atoms with Crippen molar-refractivity contribution >= 4 is 0 Å². The van der Waals surface area contributed by atoms with Gasteiger partial charge in [0.25, 0.3) is 0 Å². The number of benzene rings is 2. The van der Waals surface area contributed by atoms with Crippen LogP contribution in [0.4, 0.5) is 4.39 Å². The summed E-state index contributed by atoms with van der Waals surface area (Å²) in [5.41, 5.74) is 3.22. The van der Waals surface area contributed by atoms with Crippen molar-refractivity contribution in [1.29, 1.82) is 0 Å². The zero-order valence-electron chi connectivity index (χ0n) is 10.0. The summed E-state index contributed by atoms with van der Waals surface area (Å²) in [6.45, 7) is 4.33. The van der Waals surface area contributed by atoms with Crippen LogP contribution in [0, 0.1) is 19.7 Å². The van der Waals surface area contributed by atoms with E-state index in [1.54, 1.807) is 12.1 Å². The first-order chi connectivity index (χ1) is 8.16. The molecule has 0 radical (unpaired) electrons. The van der Waals surface area contributed by atoms with Gasteiger partial charge in [-0.25, -0.2) is 4.39 Å². The van der Waals surface area contributed by atoms with Gasteiger partial charge in [0.05, 0.1) is 0 Å². The van der Waals surface area contributed by atoms with E-state index in [0.717, 1.165) is 16.7 Å². The lowest BCUT2D eigenvalue weighted by Crippen LogP contribution is -1.99. The molecule has 1 nitrogen and oxygen atoms in total. The predicted molar refractivity (Wildman–Crippen MR) is 66.6 cm³/mol. The lowest BCUT2D eigenvalue weighted by atomic mass is 10.1. The quantitative estimate of drug-likeness (QED) is 0.773. The maximum Gasteiger partial charge on any atom is 0.165 e. The molecule has 0 N–H and O–H groups in total. The molecule has 2 aromatic carbocycles. The minimum absolute atomic E-state index is 0.313. The van der Waals surface area contributed by atoms with Crippen LogP contribution in [0.25, 0.3) is 0 Å². The zero-order chi connectivity index (χ0) is 12.3. The monoisotopic (exact) mass is 230 g/mol. The molecule has 2 heteroatoms. The van der Waals surface area contributed by atoms with E-state index in [4.69, 9.17) is 4.74 Å². The molecule has 0 saturated heterocycles. The summed E-state index contributed by atoms with van der Waals surface area (Å²) in [7, 11) is 0. The highest BCUT2D eigenvalue weighted by atomic mass is 19.1. The minimum Gasteiger partial charge on any atom is -0.486 e. The summed E-state index contributed by atoms with van der Waals surface area (Å²) < 4.78 is 19.0. The van der Waals surface area contributed by atoms with Crippen molar-refractivity contribution in [1.82, 2.24) is 0 Å². The van der Waals surface area contributed by atoms with E-state index in [0.29, 0.717) is 12.4 Å². The summed E-state index contributed by atoms with van der Waals surface area (Å²) in [4.78, 5) is 0. The summed E-state index contributed by atoms with van der Waals surface area (Å²) in [5, 5.41) is 0. The lowest BCUT2D eigenvalue weighted by Gasteiger charge is -2.09. The fourth-order valence-corrected chi connectivity index (χ4v) is 1.65. The third-order valence-electron chi connectivity index (χ3n) is 2.73. The second-order valence-electron chi connectivity index (χ2n) is 4.15. The summed E-state index contributed by atoms with van der Waals surface area (Å²) in [5.74, 6) is -0.00237. The molecule has 0 aliphatic heterocycles. The van der Waals surface area contributed by atoms with E-state index >= 15 is 0 Å². The highest BCUT2D eigenvalue weighted by Crippen LogP contribution is 2.20. The van der Waals surface area contributed by atoms with Crippen molar-refractivity contribution in [3.8, 4) is 5.75 Å². The van der Waals surface area contributed by atoms with Gasteiger partial charge >= 0.3 is 0 Å². The fourth-order valence-electron chi connectivity index (χ4n) is 1.65. The maximum absolute atomic E-state index is 13.4. The van der Waals surface area contributed by atoms with Gasteiger partial charge in [0.1, 0.15) is 6.61 Å². The van der Waals surface area contributed by atoms with Gasteiger partial charge in [-0.3, -0.25) is 0 Å². The molecule has 0 atom stereocenters. The van der Waals surface area contributed by atoms with Crippen LogP contribution in [0.3, 0.4) is 0 Å². The summed E-state index contributed by atoms with van der Waals surface area (Å²) >= 11 is 0. The van der Waals surface area contributed by atoms with Gasteiger partial charge in [0.2, 0.25) is 0 Å². The average molecular weight is 230 g/mol. The number of hydrogen-bond donors (Lipinski definition) is 0. The Morgan fingerprint density at radius 3 is 2.59 bits per heavy atom. The number of halogens is 1. The maximum atomic E-state index is 13.4. The molecule has 0 aliphatic carbocycles. The summed E-state index contributed by atoms with van der Waals surface area (Å²) in [6, 6.07) is 12.8. The first-order valence-corrected chi connectivity index (χ1v) is 5.60. The lowest BCUT2D eigenvalue weighted by molar-refractivity contribution is 0.289. The number of rotatable bonds is 3. The van der Waals surface area contributed by atoms with Crippen molar-refractivity contribution in [2.75, 3.05) is 0 Å². The van der Waals surface area contributed by atoms with Crippen LogP contribution < -0.4 is 4.74 Å². The molecule has 2 aromatic rings. The van der Waals surface area contributed by atoms with Gasteiger partial charge in [0, 0.05) is 0 Å². The molecule has 0 aromatic heterocycles.